The van der Waals surface area contributed by atoms with Crippen LogP contribution in [0.4, 0.5) is 0 Å². The molecule has 132 valence electrons. The van der Waals surface area contributed by atoms with Gasteiger partial charge in [0.2, 0.25) is 0 Å². The van der Waals surface area contributed by atoms with Crippen molar-refractivity contribution in [2.45, 2.75) is 19.4 Å². The number of hydrogen-bond donors (Lipinski definition) is 0. The second kappa shape index (κ2) is 7.77. The maximum Gasteiger partial charge on any atom is 0.134 e. The maximum absolute atomic E-state index is 6.03. The Labute approximate surface area is 167 Å². The molecule has 0 unspecified atom stereocenters. The highest BCUT2D eigenvalue weighted by atomic mass is 79.9. The van der Waals surface area contributed by atoms with E-state index in [1.165, 1.54) is 23.6 Å². The minimum atomic E-state index is 0.541. The van der Waals surface area contributed by atoms with E-state index in [-0.39, 0.29) is 0 Å². The van der Waals surface area contributed by atoms with Crippen LogP contribution in [0.5, 0.6) is 5.75 Å². The Morgan fingerprint density at radius 3 is 2.50 bits per heavy atom. The Morgan fingerprint density at radius 1 is 0.962 bits per heavy atom. The van der Waals surface area contributed by atoms with Crippen LogP contribution < -0.4 is 4.74 Å². The van der Waals surface area contributed by atoms with E-state index in [4.69, 9.17) is 17.0 Å². The van der Waals surface area contributed by atoms with E-state index in [2.05, 4.69) is 75.4 Å². The van der Waals surface area contributed by atoms with Gasteiger partial charge in [-0.3, -0.25) is 0 Å². The number of thiocarbonyl (C=S) groups is 1. The number of nitrogens with zero attached hydrogens (tertiary/aromatic N) is 1. The summed E-state index contributed by atoms with van der Waals surface area (Å²) in [6.45, 7) is 2.67. The summed E-state index contributed by atoms with van der Waals surface area (Å²) in [5.74, 6) is 0.839. The molecule has 1 aliphatic heterocycles. The fourth-order valence-electron chi connectivity index (χ4n) is 3.34. The molecule has 0 aliphatic carbocycles. The van der Waals surface area contributed by atoms with Crippen LogP contribution in [0.15, 0.2) is 65.1 Å². The lowest BCUT2D eigenvalue weighted by Gasteiger charge is -2.19. The molecule has 1 fully saturated rings. The van der Waals surface area contributed by atoms with E-state index in [1.807, 2.05) is 6.07 Å². The summed E-state index contributed by atoms with van der Waals surface area (Å²) in [7, 11) is 0. The van der Waals surface area contributed by atoms with Gasteiger partial charge in [-0.25, -0.2) is 0 Å². The van der Waals surface area contributed by atoms with Crippen LogP contribution in [0.1, 0.15) is 24.0 Å². The molecule has 0 saturated carbocycles. The fraction of sp³-hybridized carbons (Fsp3) is 0.227. The predicted molar refractivity (Wildman–Crippen MR) is 115 cm³/mol. The van der Waals surface area contributed by atoms with E-state index >= 15 is 0 Å². The Hall–Kier alpha value is -1.91. The topological polar surface area (TPSA) is 12.5 Å². The molecule has 3 aromatic rings. The van der Waals surface area contributed by atoms with Crippen LogP contribution in [0.25, 0.3) is 10.8 Å². The van der Waals surface area contributed by atoms with Crippen LogP contribution >= 0.6 is 28.1 Å². The SMILES string of the molecule is S=C(c1ccc(OCc2ccc3ccccc3c2)c(Br)c1)N1CCCC1. The maximum atomic E-state index is 6.03. The molecule has 4 heteroatoms. The number of hydrogen-bond acceptors (Lipinski definition) is 2. The van der Waals surface area contributed by atoms with E-state index in [9.17, 15) is 0 Å². The largest absolute Gasteiger partial charge is 0.488 e. The molecule has 0 N–H and O–H groups in total. The first-order chi connectivity index (χ1) is 12.7. The van der Waals surface area contributed by atoms with Crippen molar-refractivity contribution in [1.82, 2.24) is 4.90 Å². The number of benzene rings is 3. The van der Waals surface area contributed by atoms with Gasteiger partial charge in [0.25, 0.3) is 0 Å². The van der Waals surface area contributed by atoms with Crippen LogP contribution in [0, 0.1) is 0 Å². The zero-order valence-electron chi connectivity index (χ0n) is 14.5. The average molecular weight is 426 g/mol. The van der Waals surface area contributed by atoms with Gasteiger partial charge in [-0.2, -0.15) is 0 Å². The van der Waals surface area contributed by atoms with Gasteiger partial charge in [0.05, 0.1) is 4.47 Å². The van der Waals surface area contributed by atoms with Gasteiger partial charge in [0, 0.05) is 18.7 Å². The van der Waals surface area contributed by atoms with Gasteiger partial charge < -0.3 is 9.64 Å². The van der Waals surface area contributed by atoms with Crippen molar-refractivity contribution in [2.24, 2.45) is 0 Å². The second-order valence-electron chi connectivity index (χ2n) is 6.61. The highest BCUT2D eigenvalue weighted by Gasteiger charge is 2.17. The van der Waals surface area contributed by atoms with Crippen molar-refractivity contribution < 1.29 is 4.74 Å². The van der Waals surface area contributed by atoms with Crippen molar-refractivity contribution in [1.29, 1.82) is 0 Å². The zero-order valence-corrected chi connectivity index (χ0v) is 16.9. The molecule has 1 heterocycles. The van der Waals surface area contributed by atoms with Crippen molar-refractivity contribution in [3.05, 3.63) is 76.3 Å². The molecule has 2 nitrogen and oxygen atoms in total. The molecule has 0 amide bonds. The van der Waals surface area contributed by atoms with Crippen molar-refractivity contribution in [3.63, 3.8) is 0 Å². The van der Waals surface area contributed by atoms with E-state index in [1.54, 1.807) is 0 Å². The Morgan fingerprint density at radius 2 is 1.73 bits per heavy atom. The first-order valence-electron chi connectivity index (χ1n) is 8.90. The van der Waals surface area contributed by atoms with Crippen LogP contribution in [0.2, 0.25) is 0 Å². The Balaban J connectivity index is 1.46. The third-order valence-electron chi connectivity index (χ3n) is 4.78. The fourth-order valence-corrected chi connectivity index (χ4v) is 4.15. The Kier molecular flexibility index (Phi) is 5.23. The number of fused-ring (bicyclic) bond motifs is 1. The average Bonchev–Trinajstić information content (AvgIpc) is 3.21. The molecule has 0 bridgehead atoms. The predicted octanol–water partition coefficient (Wildman–Crippen LogP) is 5.95. The number of halogens is 1. The molecular weight excluding hydrogens is 406 g/mol. The lowest BCUT2D eigenvalue weighted by atomic mass is 10.1. The third kappa shape index (κ3) is 3.76. The Bertz CT molecular complexity index is 950. The second-order valence-corrected chi connectivity index (χ2v) is 7.86. The third-order valence-corrected chi connectivity index (χ3v) is 5.89. The van der Waals surface area contributed by atoms with Gasteiger partial charge in [-0.05, 0) is 69.4 Å². The first-order valence-corrected chi connectivity index (χ1v) is 10.1. The summed E-state index contributed by atoms with van der Waals surface area (Å²) in [5.41, 5.74) is 2.24. The molecule has 0 radical (unpaired) electrons. The minimum Gasteiger partial charge on any atom is -0.488 e. The summed E-state index contributed by atoms with van der Waals surface area (Å²) < 4.78 is 6.97. The summed E-state index contributed by atoms with van der Waals surface area (Å²) in [6, 6.07) is 20.9. The molecule has 1 aliphatic rings. The van der Waals surface area contributed by atoms with Crippen molar-refractivity contribution in [2.75, 3.05) is 13.1 Å². The lowest BCUT2D eigenvalue weighted by molar-refractivity contribution is 0.304. The minimum absolute atomic E-state index is 0.541. The summed E-state index contributed by atoms with van der Waals surface area (Å²) >= 11 is 9.27. The summed E-state index contributed by atoms with van der Waals surface area (Å²) in [4.78, 5) is 3.22. The quantitative estimate of drug-likeness (QED) is 0.478. The zero-order chi connectivity index (χ0) is 17.9. The monoisotopic (exact) mass is 425 g/mol. The highest BCUT2D eigenvalue weighted by molar-refractivity contribution is 9.10. The number of likely N-dealkylation sites (tertiary alicyclic amines) is 1. The molecule has 0 atom stereocenters. The molecule has 4 rings (SSSR count). The molecule has 1 saturated heterocycles. The van der Waals surface area contributed by atoms with Crippen LogP contribution in [-0.4, -0.2) is 23.0 Å². The normalized spacial score (nSPS) is 14.0. The van der Waals surface area contributed by atoms with E-state index in [0.29, 0.717) is 6.61 Å². The molecule has 3 aromatic carbocycles. The van der Waals surface area contributed by atoms with E-state index < -0.39 is 0 Å². The van der Waals surface area contributed by atoms with Crippen LogP contribution in [0.3, 0.4) is 0 Å². The van der Waals surface area contributed by atoms with E-state index in [0.717, 1.165) is 39.4 Å². The van der Waals surface area contributed by atoms with Crippen molar-refractivity contribution in [3.8, 4) is 5.75 Å². The van der Waals surface area contributed by atoms with Crippen molar-refractivity contribution >= 4 is 43.9 Å². The van der Waals surface area contributed by atoms with Gasteiger partial charge in [0.1, 0.15) is 17.3 Å². The molecule has 0 aromatic heterocycles. The number of rotatable bonds is 4. The standard InChI is InChI=1S/C22H20BrNOS/c23-20-14-19(22(26)24-11-3-4-12-24)9-10-21(20)25-15-16-7-8-17-5-1-2-6-18(17)13-16/h1-2,5-10,13-14H,3-4,11-12,15H2. The van der Waals surface area contributed by atoms with Gasteiger partial charge in [-0.15, -0.1) is 0 Å². The molecule has 0 spiro atoms. The summed E-state index contributed by atoms with van der Waals surface area (Å²) in [5, 5.41) is 2.48. The van der Waals surface area contributed by atoms with Gasteiger partial charge in [0.15, 0.2) is 0 Å². The number of ether oxygens (including phenoxy) is 1. The lowest BCUT2D eigenvalue weighted by Crippen LogP contribution is -2.26. The summed E-state index contributed by atoms with van der Waals surface area (Å²) in [6.07, 6.45) is 2.46. The highest BCUT2D eigenvalue weighted by Crippen LogP contribution is 2.28. The first kappa shape index (κ1) is 17.5. The smallest absolute Gasteiger partial charge is 0.134 e. The molecular formula is C22H20BrNOS. The molecule has 26 heavy (non-hydrogen) atoms. The van der Waals surface area contributed by atoms with Crippen LogP contribution in [-0.2, 0) is 6.61 Å². The van der Waals surface area contributed by atoms with Gasteiger partial charge >= 0.3 is 0 Å². The van der Waals surface area contributed by atoms with Gasteiger partial charge in [-0.1, -0.05) is 48.6 Å².